The van der Waals surface area contributed by atoms with E-state index >= 15 is 8.78 Å². The lowest BCUT2D eigenvalue weighted by atomic mass is 9.91. The number of ether oxygens (including phenoxy) is 1. The number of aryl methyl sites for hydroxylation is 1. The Kier molecular flexibility index (Phi) is 6.77. The summed E-state index contributed by atoms with van der Waals surface area (Å²) in [5.41, 5.74) is -0.546. The van der Waals surface area contributed by atoms with E-state index in [2.05, 4.69) is 25.9 Å². The number of hydrogen-bond donors (Lipinski definition) is 3. The minimum atomic E-state index is -1.07. The van der Waals surface area contributed by atoms with Crippen LogP contribution in [0.25, 0.3) is 43.7 Å². The van der Waals surface area contributed by atoms with Crippen LogP contribution in [0.3, 0.4) is 0 Å². The van der Waals surface area contributed by atoms with Crippen molar-refractivity contribution in [2.45, 2.75) is 43.2 Å². The molecule has 1 unspecified atom stereocenters. The molecule has 242 valence electrons. The van der Waals surface area contributed by atoms with Crippen molar-refractivity contribution in [1.29, 1.82) is 0 Å². The van der Waals surface area contributed by atoms with Crippen molar-refractivity contribution in [3.05, 3.63) is 47.7 Å². The highest BCUT2D eigenvalue weighted by molar-refractivity contribution is 6.18. The monoisotopic (exact) mass is 644 g/mol. The van der Waals surface area contributed by atoms with Crippen molar-refractivity contribution in [2.24, 2.45) is 7.05 Å². The summed E-state index contributed by atoms with van der Waals surface area (Å²) in [6.45, 7) is 1.20. The highest BCUT2D eigenvalue weighted by Gasteiger charge is 2.49. The first kappa shape index (κ1) is 29.7. The van der Waals surface area contributed by atoms with E-state index in [9.17, 15) is 19.7 Å². The number of aliphatic hydroxyl groups excluding tert-OH is 2. The van der Waals surface area contributed by atoms with Gasteiger partial charge in [0.25, 0.3) is 0 Å². The van der Waals surface area contributed by atoms with Crippen LogP contribution in [0, 0.1) is 24.0 Å². The molecular weight excluding hydrogens is 613 g/mol. The van der Waals surface area contributed by atoms with Gasteiger partial charge in [0.05, 0.1) is 28.7 Å². The van der Waals surface area contributed by atoms with Gasteiger partial charge in [0, 0.05) is 55.6 Å². The van der Waals surface area contributed by atoms with Crippen LogP contribution >= 0.6 is 0 Å². The van der Waals surface area contributed by atoms with E-state index in [1.54, 1.807) is 18.1 Å². The van der Waals surface area contributed by atoms with Crippen molar-refractivity contribution in [3.63, 3.8) is 0 Å². The molecular formula is C34H31F3N6O4. The van der Waals surface area contributed by atoms with Gasteiger partial charge in [0.1, 0.15) is 41.2 Å². The summed E-state index contributed by atoms with van der Waals surface area (Å²) in [6, 6.07) is 5.22. The molecule has 2 aromatic heterocycles. The summed E-state index contributed by atoms with van der Waals surface area (Å²) in [6.07, 6.45) is 6.24. The number of anilines is 1. The van der Waals surface area contributed by atoms with Gasteiger partial charge >= 0.3 is 6.01 Å². The zero-order valence-corrected chi connectivity index (χ0v) is 25.4. The van der Waals surface area contributed by atoms with Crippen LogP contribution in [0.4, 0.5) is 19.0 Å². The normalized spacial score (nSPS) is 24.5. The Morgan fingerprint density at radius 3 is 2.64 bits per heavy atom. The van der Waals surface area contributed by atoms with E-state index in [-0.39, 0.29) is 75.8 Å². The van der Waals surface area contributed by atoms with Crippen molar-refractivity contribution >= 4 is 38.4 Å². The second-order valence-electron chi connectivity index (χ2n) is 12.9. The molecule has 3 fully saturated rings. The Morgan fingerprint density at radius 2 is 1.87 bits per heavy atom. The molecule has 0 radical (unpaired) electrons. The first-order valence-corrected chi connectivity index (χ1v) is 15.5. The number of aromatic hydroxyl groups is 1. The third-order valence-electron chi connectivity index (χ3n) is 9.89. The van der Waals surface area contributed by atoms with Gasteiger partial charge < -0.3 is 25.0 Å². The van der Waals surface area contributed by atoms with E-state index in [1.807, 2.05) is 0 Å². The summed E-state index contributed by atoms with van der Waals surface area (Å²) in [5, 5.41) is 37.5. The van der Waals surface area contributed by atoms with Crippen molar-refractivity contribution in [1.82, 2.24) is 24.6 Å². The van der Waals surface area contributed by atoms with Crippen LogP contribution < -0.4 is 9.64 Å². The summed E-state index contributed by atoms with van der Waals surface area (Å²) >= 11 is 0. The number of phenols is 1. The predicted molar refractivity (Wildman–Crippen MR) is 169 cm³/mol. The average Bonchev–Trinajstić information content (AvgIpc) is 3.77. The molecule has 5 heterocycles. The molecule has 3 aliphatic heterocycles. The van der Waals surface area contributed by atoms with Gasteiger partial charge in [-0.1, -0.05) is 12.0 Å². The fourth-order valence-corrected chi connectivity index (χ4v) is 7.81. The highest BCUT2D eigenvalue weighted by Crippen LogP contribution is 2.45. The lowest BCUT2D eigenvalue weighted by Crippen LogP contribution is -2.43. The molecule has 3 N–H and O–H groups in total. The van der Waals surface area contributed by atoms with Gasteiger partial charge in [-0.05, 0) is 48.5 Å². The second kappa shape index (κ2) is 10.7. The Labute approximate surface area is 267 Å². The summed E-state index contributed by atoms with van der Waals surface area (Å²) in [4.78, 5) is 13.0. The SMILES string of the molecule is C#Cc1c(F)ccc2cc(O)cc(-c3c(F)c4nc(OCC56CCCN5C[C@H](F)C6)nc(N5C[C@@H](O)[C@@H](O)C5)c4c4cn(C)nc34)c12. The Balaban J connectivity index is 1.39. The molecule has 3 aliphatic rings. The minimum absolute atomic E-state index is 0.0150. The molecule has 0 saturated carbocycles. The first-order valence-electron chi connectivity index (χ1n) is 15.5. The molecule has 0 aliphatic carbocycles. The number of halogens is 3. The molecule has 3 aromatic carbocycles. The van der Waals surface area contributed by atoms with Gasteiger partial charge in [-0.2, -0.15) is 15.1 Å². The smallest absolute Gasteiger partial charge is 0.319 e. The summed E-state index contributed by atoms with van der Waals surface area (Å²) < 4.78 is 54.5. The maximum absolute atomic E-state index is 17.3. The van der Waals surface area contributed by atoms with Gasteiger partial charge in [0.15, 0.2) is 5.82 Å². The Hall–Kier alpha value is -4.64. The number of terminal acetylenes is 1. The molecule has 4 atom stereocenters. The lowest BCUT2D eigenvalue weighted by molar-refractivity contribution is 0.0572. The highest BCUT2D eigenvalue weighted by atomic mass is 19.1. The van der Waals surface area contributed by atoms with Crippen LogP contribution in [0.1, 0.15) is 24.8 Å². The van der Waals surface area contributed by atoms with Crippen molar-refractivity contribution in [3.8, 4) is 35.2 Å². The molecule has 0 spiro atoms. The minimum Gasteiger partial charge on any atom is -0.508 e. The number of rotatable bonds is 5. The average molecular weight is 645 g/mol. The number of aliphatic hydroxyl groups is 2. The van der Waals surface area contributed by atoms with Crippen LogP contribution in [-0.4, -0.2) is 96.7 Å². The predicted octanol–water partition coefficient (Wildman–Crippen LogP) is 3.80. The molecule has 13 heteroatoms. The molecule has 0 bridgehead atoms. The molecule has 10 nitrogen and oxygen atoms in total. The Morgan fingerprint density at radius 1 is 1.09 bits per heavy atom. The number of fused-ring (bicyclic) bond motifs is 5. The first-order chi connectivity index (χ1) is 22.6. The third kappa shape index (κ3) is 4.57. The largest absolute Gasteiger partial charge is 0.508 e. The number of alkyl halides is 1. The fraction of sp³-hybridized carbons (Fsp3) is 0.382. The van der Waals surface area contributed by atoms with Crippen molar-refractivity contribution < 1.29 is 33.2 Å². The van der Waals surface area contributed by atoms with E-state index in [0.717, 1.165) is 19.4 Å². The maximum Gasteiger partial charge on any atom is 0.319 e. The molecule has 0 amide bonds. The number of β-amino-alcohol motifs (C(OH)–C–C–N with tert-alkyl or cyclic N) is 2. The molecule has 3 saturated heterocycles. The van der Waals surface area contributed by atoms with E-state index in [0.29, 0.717) is 23.7 Å². The number of phenolic OH excluding ortho intramolecular Hbond substituents is 1. The van der Waals surface area contributed by atoms with Crippen LogP contribution in [-0.2, 0) is 7.05 Å². The summed E-state index contributed by atoms with van der Waals surface area (Å²) in [5.74, 6) is 0.871. The van der Waals surface area contributed by atoms with Crippen LogP contribution in [0.15, 0.2) is 30.5 Å². The molecule has 5 aromatic rings. The summed E-state index contributed by atoms with van der Waals surface area (Å²) in [7, 11) is 1.66. The third-order valence-corrected chi connectivity index (χ3v) is 9.89. The number of hydrogen-bond acceptors (Lipinski definition) is 9. The topological polar surface area (TPSA) is 120 Å². The molecule has 8 rings (SSSR count). The number of aromatic nitrogens is 4. The van der Waals surface area contributed by atoms with Gasteiger partial charge in [0.2, 0.25) is 0 Å². The van der Waals surface area contributed by atoms with E-state index in [1.165, 1.54) is 28.9 Å². The zero-order chi connectivity index (χ0) is 32.8. The standard InChI is InChI=1S/C34H31F3N6O4/c1-3-20-23(36)6-5-17-9-19(44)10-21(26(17)20)27-29(37)31-28(22-13-41(2)40-30(22)27)32(42-14-24(45)25(46)15-42)39-33(38-31)47-16-34-7-4-8-43(34)12-18(35)11-34/h1,5-6,9-10,13,18,24-25,44-46H,4,7-8,11-12,14-16H2,2H3/t18-,24-,25+,34?/m1/s1. The van der Waals surface area contributed by atoms with E-state index in [4.69, 9.17) is 11.2 Å². The zero-order valence-electron chi connectivity index (χ0n) is 25.4. The maximum atomic E-state index is 17.3. The van der Waals surface area contributed by atoms with Gasteiger partial charge in [-0.15, -0.1) is 6.42 Å². The Bertz CT molecular complexity index is 2140. The van der Waals surface area contributed by atoms with Gasteiger partial charge in [-0.3, -0.25) is 9.58 Å². The lowest BCUT2D eigenvalue weighted by Gasteiger charge is -2.31. The van der Waals surface area contributed by atoms with Gasteiger partial charge in [-0.25, -0.2) is 13.2 Å². The van der Waals surface area contributed by atoms with Crippen LogP contribution in [0.5, 0.6) is 11.8 Å². The van der Waals surface area contributed by atoms with Crippen LogP contribution in [0.2, 0.25) is 0 Å². The van der Waals surface area contributed by atoms with E-state index < -0.39 is 35.6 Å². The molecule has 47 heavy (non-hydrogen) atoms. The second-order valence-corrected chi connectivity index (χ2v) is 12.9. The number of benzene rings is 3. The number of nitrogens with zero attached hydrogens (tertiary/aromatic N) is 6. The fourth-order valence-electron chi connectivity index (χ4n) is 7.81. The quantitative estimate of drug-likeness (QED) is 0.246. The van der Waals surface area contributed by atoms with Crippen molar-refractivity contribution in [2.75, 3.05) is 37.7 Å².